The van der Waals surface area contributed by atoms with Crippen molar-refractivity contribution in [2.45, 2.75) is 6.42 Å². The van der Waals surface area contributed by atoms with Gasteiger partial charge in [0.05, 0.1) is 0 Å². The maximum Gasteiger partial charge on any atom is 0.316 e. The number of ketones is 1. The van der Waals surface area contributed by atoms with Crippen molar-refractivity contribution in [2.75, 3.05) is 31.6 Å². The summed E-state index contributed by atoms with van der Waals surface area (Å²) in [6.07, 6.45) is 0.263. The van der Waals surface area contributed by atoms with Gasteiger partial charge < -0.3 is 15.5 Å². The van der Waals surface area contributed by atoms with Gasteiger partial charge in [0.25, 0.3) is 0 Å². The van der Waals surface area contributed by atoms with E-state index < -0.39 is 11.8 Å². The number of piperazine rings is 1. The number of amides is 2. The summed E-state index contributed by atoms with van der Waals surface area (Å²) in [5, 5.41) is 0. The SMILES string of the molecule is CN1CCN(c2cccc(C(=O)CCN)c2)C(=O)C1=O. The van der Waals surface area contributed by atoms with Crippen molar-refractivity contribution < 1.29 is 14.4 Å². The first-order chi connectivity index (χ1) is 9.54. The number of likely N-dealkylation sites (N-methyl/N-ethyl adjacent to an activating group) is 1. The quantitative estimate of drug-likeness (QED) is 0.620. The van der Waals surface area contributed by atoms with E-state index in [0.717, 1.165) is 0 Å². The van der Waals surface area contributed by atoms with Crippen LogP contribution in [0, 0.1) is 0 Å². The average Bonchev–Trinajstić information content (AvgIpc) is 2.45. The minimum absolute atomic E-state index is 0.0674. The first kappa shape index (κ1) is 14.2. The van der Waals surface area contributed by atoms with Crippen LogP contribution in [-0.2, 0) is 9.59 Å². The van der Waals surface area contributed by atoms with E-state index in [4.69, 9.17) is 5.73 Å². The van der Waals surface area contributed by atoms with E-state index in [1.807, 2.05) is 0 Å². The van der Waals surface area contributed by atoms with Gasteiger partial charge in [-0.3, -0.25) is 14.4 Å². The Morgan fingerprint density at radius 3 is 2.70 bits per heavy atom. The lowest BCUT2D eigenvalue weighted by Gasteiger charge is -2.31. The molecule has 1 aliphatic rings. The molecule has 0 aliphatic carbocycles. The number of rotatable bonds is 4. The summed E-state index contributed by atoms with van der Waals surface area (Å²) in [5.74, 6) is -1.17. The first-order valence-electron chi connectivity index (χ1n) is 6.45. The Morgan fingerprint density at radius 2 is 2.00 bits per heavy atom. The molecule has 0 radical (unpaired) electrons. The van der Waals surface area contributed by atoms with Gasteiger partial charge in [-0.05, 0) is 18.7 Å². The average molecular weight is 275 g/mol. The summed E-state index contributed by atoms with van der Waals surface area (Å²) in [6.45, 7) is 1.19. The van der Waals surface area contributed by atoms with E-state index in [9.17, 15) is 14.4 Å². The number of Topliss-reactive ketones (excluding diaryl/α,β-unsaturated/α-hetero) is 1. The molecule has 0 saturated carbocycles. The normalized spacial score (nSPS) is 15.7. The van der Waals surface area contributed by atoms with Crippen molar-refractivity contribution in [3.8, 4) is 0 Å². The first-order valence-corrected chi connectivity index (χ1v) is 6.45. The molecule has 6 nitrogen and oxygen atoms in total. The van der Waals surface area contributed by atoms with Crippen LogP contribution < -0.4 is 10.6 Å². The van der Waals surface area contributed by atoms with Crippen molar-refractivity contribution in [1.82, 2.24) is 4.90 Å². The Labute approximate surface area is 117 Å². The second-order valence-electron chi connectivity index (χ2n) is 4.70. The molecular formula is C14H17N3O3. The van der Waals surface area contributed by atoms with Gasteiger partial charge in [-0.2, -0.15) is 0 Å². The minimum Gasteiger partial charge on any atom is -0.336 e. The van der Waals surface area contributed by atoms with Crippen LogP contribution in [0.1, 0.15) is 16.8 Å². The third-order valence-electron chi connectivity index (χ3n) is 3.29. The minimum atomic E-state index is -0.567. The topological polar surface area (TPSA) is 83.7 Å². The Hall–Kier alpha value is -2.21. The van der Waals surface area contributed by atoms with Crippen LogP contribution in [0.2, 0.25) is 0 Å². The number of carbonyl (C=O) groups is 3. The van der Waals surface area contributed by atoms with Crippen molar-refractivity contribution in [3.05, 3.63) is 29.8 Å². The molecule has 1 fully saturated rings. The molecular weight excluding hydrogens is 258 g/mol. The molecule has 6 heteroatoms. The molecule has 1 aromatic rings. The molecule has 0 spiro atoms. The third kappa shape index (κ3) is 2.70. The Morgan fingerprint density at radius 1 is 1.25 bits per heavy atom. The maximum absolute atomic E-state index is 12.0. The van der Waals surface area contributed by atoms with Gasteiger partial charge in [0, 0.05) is 37.8 Å². The zero-order chi connectivity index (χ0) is 14.7. The Kier molecular flexibility index (Phi) is 4.14. The lowest BCUT2D eigenvalue weighted by molar-refractivity contribution is -0.145. The van der Waals surface area contributed by atoms with E-state index in [1.165, 1.54) is 9.80 Å². The van der Waals surface area contributed by atoms with Crippen LogP contribution in [0.3, 0.4) is 0 Å². The van der Waals surface area contributed by atoms with Crippen molar-refractivity contribution in [1.29, 1.82) is 0 Å². The van der Waals surface area contributed by atoms with Gasteiger partial charge in [0.2, 0.25) is 0 Å². The summed E-state index contributed by atoms with van der Waals surface area (Å²) in [7, 11) is 1.60. The van der Waals surface area contributed by atoms with Crippen molar-refractivity contribution in [2.24, 2.45) is 5.73 Å². The Balaban J connectivity index is 2.25. The highest BCUT2D eigenvalue weighted by Crippen LogP contribution is 2.19. The monoisotopic (exact) mass is 275 g/mol. The number of nitrogens with zero attached hydrogens (tertiary/aromatic N) is 2. The molecule has 2 rings (SSSR count). The number of nitrogens with two attached hydrogens (primary N) is 1. The predicted molar refractivity (Wildman–Crippen MR) is 74.4 cm³/mol. The van der Waals surface area contributed by atoms with Crippen LogP contribution in [0.15, 0.2) is 24.3 Å². The van der Waals surface area contributed by atoms with Crippen molar-refractivity contribution >= 4 is 23.3 Å². The summed E-state index contributed by atoms with van der Waals surface area (Å²) < 4.78 is 0. The molecule has 1 aromatic carbocycles. The standard InChI is InChI=1S/C14H17N3O3/c1-16-7-8-17(14(20)13(16)19)11-4-2-3-10(9-11)12(18)5-6-15/h2-4,9H,5-8,15H2,1H3. The highest BCUT2D eigenvalue weighted by molar-refractivity contribution is 6.40. The highest BCUT2D eigenvalue weighted by Gasteiger charge is 2.31. The molecule has 0 bridgehead atoms. The van der Waals surface area contributed by atoms with Crippen molar-refractivity contribution in [3.63, 3.8) is 0 Å². The summed E-state index contributed by atoms with van der Waals surface area (Å²) >= 11 is 0. The number of benzene rings is 1. The zero-order valence-corrected chi connectivity index (χ0v) is 11.3. The fourth-order valence-corrected chi connectivity index (χ4v) is 2.10. The summed E-state index contributed by atoms with van der Waals surface area (Å²) in [6, 6.07) is 6.74. The smallest absolute Gasteiger partial charge is 0.316 e. The van der Waals surface area contributed by atoms with E-state index in [1.54, 1.807) is 31.3 Å². The molecule has 1 heterocycles. The summed E-state index contributed by atoms with van der Waals surface area (Å²) in [5.41, 5.74) is 6.44. The fraction of sp³-hybridized carbons (Fsp3) is 0.357. The zero-order valence-electron chi connectivity index (χ0n) is 11.3. The van der Waals surface area contributed by atoms with E-state index in [2.05, 4.69) is 0 Å². The number of anilines is 1. The van der Waals surface area contributed by atoms with Crippen LogP contribution in [0.25, 0.3) is 0 Å². The largest absolute Gasteiger partial charge is 0.336 e. The van der Waals surface area contributed by atoms with Crippen LogP contribution >= 0.6 is 0 Å². The lowest BCUT2D eigenvalue weighted by atomic mass is 10.1. The second-order valence-corrected chi connectivity index (χ2v) is 4.70. The molecule has 106 valence electrons. The van der Waals surface area contributed by atoms with Gasteiger partial charge in [0.1, 0.15) is 0 Å². The molecule has 0 aromatic heterocycles. The second kappa shape index (κ2) is 5.83. The van der Waals surface area contributed by atoms with Gasteiger partial charge in [-0.1, -0.05) is 12.1 Å². The van der Waals surface area contributed by atoms with Crippen LogP contribution in [-0.4, -0.2) is 49.2 Å². The molecule has 2 N–H and O–H groups in total. The van der Waals surface area contributed by atoms with E-state index in [-0.39, 0.29) is 18.7 Å². The van der Waals surface area contributed by atoms with Crippen LogP contribution in [0.5, 0.6) is 0 Å². The molecule has 20 heavy (non-hydrogen) atoms. The van der Waals surface area contributed by atoms with Crippen LogP contribution in [0.4, 0.5) is 5.69 Å². The molecule has 2 amide bonds. The van der Waals surface area contributed by atoms with Gasteiger partial charge in [-0.25, -0.2) is 0 Å². The van der Waals surface area contributed by atoms with E-state index in [0.29, 0.717) is 24.3 Å². The van der Waals surface area contributed by atoms with Gasteiger partial charge >= 0.3 is 11.8 Å². The van der Waals surface area contributed by atoms with E-state index >= 15 is 0 Å². The fourth-order valence-electron chi connectivity index (χ4n) is 2.10. The molecule has 0 unspecified atom stereocenters. The number of hydrogen-bond acceptors (Lipinski definition) is 4. The maximum atomic E-state index is 12.0. The van der Waals surface area contributed by atoms with Gasteiger partial charge in [-0.15, -0.1) is 0 Å². The third-order valence-corrected chi connectivity index (χ3v) is 3.29. The van der Waals surface area contributed by atoms with Gasteiger partial charge in [0.15, 0.2) is 5.78 Å². The highest BCUT2D eigenvalue weighted by atomic mass is 16.2. The lowest BCUT2D eigenvalue weighted by Crippen LogP contribution is -2.53. The number of hydrogen-bond donors (Lipinski definition) is 1. The molecule has 1 aliphatic heterocycles. The molecule has 1 saturated heterocycles. The summed E-state index contributed by atoms with van der Waals surface area (Å²) in [4.78, 5) is 38.3. The molecule has 0 atom stereocenters. The Bertz CT molecular complexity index is 556. The predicted octanol–water partition coefficient (Wildman–Crippen LogP) is 0.0231. The number of carbonyl (C=O) groups excluding carboxylic acids is 3.